The third kappa shape index (κ3) is 6.55. The Morgan fingerprint density at radius 3 is 2.34 bits per heavy atom. The normalized spacial score (nSPS) is 18.1. The van der Waals surface area contributed by atoms with Crippen molar-refractivity contribution in [2.75, 3.05) is 0 Å². The van der Waals surface area contributed by atoms with Gasteiger partial charge in [-0.3, -0.25) is 9.59 Å². The van der Waals surface area contributed by atoms with Gasteiger partial charge in [-0.2, -0.15) is 4.72 Å². The lowest BCUT2D eigenvalue weighted by atomic mass is 10.2. The lowest BCUT2D eigenvalue weighted by Crippen LogP contribution is -2.50. The summed E-state index contributed by atoms with van der Waals surface area (Å²) in [6.45, 7) is 2.61. The molecule has 11 heteroatoms. The molecule has 0 radical (unpaired) electrons. The molecule has 1 aromatic carbocycles. The number of rotatable bonds is 8. The number of benzene rings is 1. The van der Waals surface area contributed by atoms with Gasteiger partial charge in [-0.1, -0.05) is 36.0 Å². The van der Waals surface area contributed by atoms with E-state index in [0.29, 0.717) is 0 Å². The average Bonchev–Trinajstić information content (AvgIpc) is 3.14. The molecule has 3 N–H and O–H groups in total. The van der Waals surface area contributed by atoms with Gasteiger partial charge >= 0.3 is 5.97 Å². The number of nitrogens with one attached hydrogen (secondary N) is 2. The Hall–Kier alpha value is -1.39. The van der Waals surface area contributed by atoms with Crippen molar-refractivity contribution in [1.82, 2.24) is 10.0 Å². The van der Waals surface area contributed by atoms with Gasteiger partial charge in [0.05, 0.1) is 21.0 Å². The van der Waals surface area contributed by atoms with Crippen LogP contribution in [0, 0.1) is 0 Å². The predicted octanol–water partition coefficient (Wildman–Crippen LogP) is 2.01. The summed E-state index contributed by atoms with van der Waals surface area (Å²) in [4.78, 5) is 24.4. The smallest absolute Gasteiger partial charge is 0.327 e. The first-order chi connectivity index (χ1) is 13.5. The van der Waals surface area contributed by atoms with Crippen LogP contribution in [0.2, 0.25) is 10.0 Å². The number of sulfonamides is 1. The Morgan fingerprint density at radius 2 is 1.79 bits per heavy atom. The fraction of sp³-hybridized carbons (Fsp3) is 0.556. The Bertz CT molecular complexity index is 856. The molecule has 1 aliphatic carbocycles. The Labute approximate surface area is 180 Å². The van der Waals surface area contributed by atoms with Gasteiger partial charge in [0.15, 0.2) is 6.10 Å². The molecular weight excluding hydrogens is 443 g/mol. The van der Waals surface area contributed by atoms with Crippen molar-refractivity contribution in [1.29, 1.82) is 0 Å². The molecule has 162 valence electrons. The second-order valence-electron chi connectivity index (χ2n) is 6.98. The number of amides is 1. The summed E-state index contributed by atoms with van der Waals surface area (Å²) in [6, 6.07) is 2.05. The van der Waals surface area contributed by atoms with Crippen molar-refractivity contribution in [2.45, 2.75) is 68.7 Å². The minimum atomic E-state index is -4.22. The maximum absolute atomic E-state index is 12.6. The van der Waals surface area contributed by atoms with E-state index in [1.165, 1.54) is 26.0 Å². The van der Waals surface area contributed by atoms with E-state index in [-0.39, 0.29) is 21.0 Å². The second kappa shape index (κ2) is 10.1. The van der Waals surface area contributed by atoms with Crippen LogP contribution in [0.25, 0.3) is 0 Å². The van der Waals surface area contributed by atoms with Gasteiger partial charge in [0, 0.05) is 6.04 Å². The monoisotopic (exact) mass is 466 g/mol. The van der Waals surface area contributed by atoms with Gasteiger partial charge in [0.25, 0.3) is 5.91 Å². The van der Waals surface area contributed by atoms with Crippen LogP contribution in [0.3, 0.4) is 0 Å². The highest BCUT2D eigenvalue weighted by molar-refractivity contribution is 7.89. The molecule has 1 aliphatic rings. The number of halogens is 2. The molecule has 0 bridgehead atoms. The third-order valence-electron chi connectivity index (χ3n) is 4.58. The highest BCUT2D eigenvalue weighted by Crippen LogP contribution is 2.25. The number of hydrogen-bond donors (Lipinski definition) is 3. The fourth-order valence-electron chi connectivity index (χ4n) is 2.91. The predicted molar refractivity (Wildman–Crippen MR) is 108 cm³/mol. The third-order valence-corrected chi connectivity index (χ3v) is 6.76. The van der Waals surface area contributed by atoms with Crippen LogP contribution < -0.4 is 10.0 Å². The molecule has 0 spiro atoms. The molecule has 29 heavy (non-hydrogen) atoms. The fourth-order valence-corrected chi connectivity index (χ4v) is 4.56. The molecule has 1 amide bonds. The number of hydrogen-bond acceptors (Lipinski definition) is 6. The lowest BCUT2D eigenvalue weighted by molar-refractivity contribution is -0.158. The largest absolute Gasteiger partial charge is 0.451 e. The van der Waals surface area contributed by atoms with Crippen LogP contribution in [-0.2, 0) is 24.3 Å². The van der Waals surface area contributed by atoms with E-state index in [2.05, 4.69) is 10.0 Å². The summed E-state index contributed by atoms with van der Waals surface area (Å²) in [6.07, 6.45) is 1.24. The number of aliphatic hydroxyl groups excluding tert-OH is 1. The van der Waals surface area contributed by atoms with Crippen LogP contribution in [0.5, 0.6) is 0 Å². The SMILES string of the molecule is C[C@H](OC(=O)[C@@H](NS(=O)(=O)c1ccc(Cl)c(Cl)c1)[C@@H](C)O)C(=O)NC1CCCC1. The van der Waals surface area contributed by atoms with E-state index in [0.717, 1.165) is 31.7 Å². The highest BCUT2D eigenvalue weighted by atomic mass is 35.5. The lowest BCUT2D eigenvalue weighted by Gasteiger charge is -2.23. The summed E-state index contributed by atoms with van der Waals surface area (Å²) in [5, 5.41) is 12.9. The van der Waals surface area contributed by atoms with Crippen molar-refractivity contribution >= 4 is 45.1 Å². The first-order valence-electron chi connectivity index (χ1n) is 9.17. The first kappa shape index (κ1) is 23.9. The van der Waals surface area contributed by atoms with Crippen molar-refractivity contribution in [3.8, 4) is 0 Å². The zero-order chi connectivity index (χ0) is 21.8. The molecule has 8 nitrogen and oxygen atoms in total. The van der Waals surface area contributed by atoms with Crippen LogP contribution in [0.1, 0.15) is 39.5 Å². The van der Waals surface area contributed by atoms with Gasteiger partial charge < -0.3 is 15.2 Å². The molecule has 3 atom stereocenters. The van der Waals surface area contributed by atoms with Crippen molar-refractivity contribution in [2.24, 2.45) is 0 Å². The van der Waals surface area contributed by atoms with Gasteiger partial charge in [-0.25, -0.2) is 8.42 Å². The Morgan fingerprint density at radius 1 is 1.17 bits per heavy atom. The number of carbonyl (C=O) groups excluding carboxylic acids is 2. The van der Waals surface area contributed by atoms with Gasteiger partial charge in [-0.15, -0.1) is 0 Å². The van der Waals surface area contributed by atoms with Crippen LogP contribution in [0.15, 0.2) is 23.1 Å². The maximum Gasteiger partial charge on any atom is 0.327 e. The van der Waals surface area contributed by atoms with E-state index < -0.39 is 40.1 Å². The van der Waals surface area contributed by atoms with Crippen LogP contribution in [-0.4, -0.2) is 49.7 Å². The second-order valence-corrected chi connectivity index (χ2v) is 9.51. The van der Waals surface area contributed by atoms with E-state index in [1.807, 2.05) is 0 Å². The summed E-state index contributed by atoms with van der Waals surface area (Å²) < 4.78 is 32.3. The van der Waals surface area contributed by atoms with Crippen LogP contribution in [0.4, 0.5) is 0 Å². The Balaban J connectivity index is 2.06. The first-order valence-corrected chi connectivity index (χ1v) is 11.4. The molecule has 1 saturated carbocycles. The van der Waals surface area contributed by atoms with E-state index in [4.69, 9.17) is 27.9 Å². The van der Waals surface area contributed by atoms with Gasteiger partial charge in [-0.05, 0) is 44.9 Å². The summed E-state index contributed by atoms with van der Waals surface area (Å²) in [5.74, 6) is -1.54. The van der Waals surface area contributed by atoms with Crippen molar-refractivity contribution in [3.05, 3.63) is 28.2 Å². The molecule has 2 rings (SSSR count). The summed E-state index contributed by atoms with van der Waals surface area (Å²) >= 11 is 11.6. The minimum Gasteiger partial charge on any atom is -0.451 e. The zero-order valence-corrected chi connectivity index (χ0v) is 18.4. The zero-order valence-electron chi connectivity index (χ0n) is 16.0. The average molecular weight is 467 g/mol. The van der Waals surface area contributed by atoms with Gasteiger partial charge in [0.2, 0.25) is 10.0 Å². The molecule has 0 aromatic heterocycles. The topological polar surface area (TPSA) is 122 Å². The van der Waals surface area contributed by atoms with Crippen molar-refractivity contribution in [3.63, 3.8) is 0 Å². The summed E-state index contributed by atoms with van der Waals surface area (Å²) in [5.41, 5.74) is 0. The highest BCUT2D eigenvalue weighted by Gasteiger charge is 2.33. The standard InChI is InChI=1S/C18H24Cl2N2O6S/c1-10(23)16(22-29(26,27)13-7-8-14(19)15(20)9-13)18(25)28-11(2)17(24)21-12-5-3-4-6-12/h7-12,16,22-23H,3-6H2,1-2H3,(H,21,24)/t10-,11+,16+/m1/s1. The molecule has 0 unspecified atom stereocenters. The number of carbonyl (C=O) groups is 2. The maximum atomic E-state index is 12.6. The van der Waals surface area contributed by atoms with Crippen molar-refractivity contribution < 1.29 is 27.9 Å². The van der Waals surface area contributed by atoms with Gasteiger partial charge in [0.1, 0.15) is 6.04 Å². The quantitative estimate of drug-likeness (QED) is 0.503. The molecule has 0 saturated heterocycles. The molecular formula is C18H24Cl2N2O6S. The number of esters is 1. The molecule has 0 heterocycles. The molecule has 0 aliphatic heterocycles. The summed E-state index contributed by atoms with van der Waals surface area (Å²) in [7, 11) is -4.22. The molecule has 1 fully saturated rings. The Kier molecular flexibility index (Phi) is 8.30. The van der Waals surface area contributed by atoms with E-state index >= 15 is 0 Å². The number of aliphatic hydroxyl groups is 1. The minimum absolute atomic E-state index is 0.0166. The number of ether oxygens (including phenoxy) is 1. The van der Waals surface area contributed by atoms with E-state index in [9.17, 15) is 23.1 Å². The van der Waals surface area contributed by atoms with Crippen LogP contribution >= 0.6 is 23.2 Å². The molecule has 1 aromatic rings. The van der Waals surface area contributed by atoms with E-state index in [1.54, 1.807) is 0 Å².